The molecule has 0 radical (unpaired) electrons. The third-order valence-electron chi connectivity index (χ3n) is 6.83. The summed E-state index contributed by atoms with van der Waals surface area (Å²) in [7, 11) is 0. The fraction of sp³-hybridized carbons (Fsp3) is 0.455. The van der Waals surface area contributed by atoms with Gasteiger partial charge in [-0.1, -0.05) is 12.1 Å². The molecule has 2 aromatic carbocycles. The first-order chi connectivity index (χ1) is 13.2. The molecule has 0 aromatic heterocycles. The molecule has 5 rings (SSSR count). The number of nitro benzene ring substituents is 1. The van der Waals surface area contributed by atoms with E-state index in [0.29, 0.717) is 30.3 Å². The second kappa shape index (κ2) is 6.25. The van der Waals surface area contributed by atoms with Gasteiger partial charge in [0.2, 0.25) is 0 Å². The van der Waals surface area contributed by atoms with E-state index in [1.165, 1.54) is 24.8 Å². The van der Waals surface area contributed by atoms with Crippen molar-refractivity contribution in [2.24, 2.45) is 17.8 Å². The van der Waals surface area contributed by atoms with Crippen molar-refractivity contribution in [3.8, 4) is 5.75 Å². The van der Waals surface area contributed by atoms with E-state index in [2.05, 4.69) is 17.4 Å². The quantitative estimate of drug-likeness (QED) is 0.591. The summed E-state index contributed by atoms with van der Waals surface area (Å²) < 4.78 is 5.59. The van der Waals surface area contributed by atoms with E-state index in [4.69, 9.17) is 4.74 Å². The molecular weight excluding hydrogens is 340 g/mol. The first-order valence-corrected chi connectivity index (χ1v) is 9.93. The highest BCUT2D eigenvalue weighted by molar-refractivity contribution is 5.62. The molecule has 1 N–H and O–H groups in total. The molecule has 2 aromatic rings. The standard InChI is InChI=1S/C22H24N2O3/c1-2-27-17-8-5-13(6-9-17)22-21-15-4-3-14(11-15)20(21)18-12-16(24(25)26)7-10-19(18)23-22/h5-10,12,14-15,20-23H,2-4,11H2,1H3/t14-,15-,20+,21+,22-/m0/s1. The molecule has 5 nitrogen and oxygen atoms in total. The number of nitro groups is 1. The van der Waals surface area contributed by atoms with Crippen LogP contribution in [-0.4, -0.2) is 11.5 Å². The Bertz CT molecular complexity index is 880. The highest BCUT2D eigenvalue weighted by atomic mass is 16.6. The van der Waals surface area contributed by atoms with Gasteiger partial charge in [0.05, 0.1) is 17.6 Å². The molecule has 0 saturated heterocycles. The number of non-ortho nitro benzene ring substituents is 1. The maximum atomic E-state index is 11.3. The number of hydrogen-bond donors (Lipinski definition) is 1. The highest BCUT2D eigenvalue weighted by Crippen LogP contribution is 2.63. The van der Waals surface area contributed by atoms with Gasteiger partial charge in [-0.05, 0) is 79.2 Å². The van der Waals surface area contributed by atoms with Gasteiger partial charge in [0.1, 0.15) is 5.75 Å². The average molecular weight is 364 g/mol. The Labute approximate surface area is 158 Å². The lowest BCUT2D eigenvalue weighted by Crippen LogP contribution is -2.35. The van der Waals surface area contributed by atoms with Crippen LogP contribution in [0, 0.1) is 27.9 Å². The molecule has 2 fully saturated rings. The second-order valence-electron chi connectivity index (χ2n) is 8.09. The van der Waals surface area contributed by atoms with Crippen molar-refractivity contribution in [3.63, 3.8) is 0 Å². The number of ether oxygens (including phenoxy) is 1. The van der Waals surface area contributed by atoms with E-state index < -0.39 is 0 Å². The smallest absolute Gasteiger partial charge is 0.269 e. The van der Waals surface area contributed by atoms with Crippen LogP contribution in [-0.2, 0) is 0 Å². The van der Waals surface area contributed by atoms with Gasteiger partial charge in [-0.3, -0.25) is 10.1 Å². The van der Waals surface area contributed by atoms with Gasteiger partial charge >= 0.3 is 0 Å². The van der Waals surface area contributed by atoms with Gasteiger partial charge in [-0.15, -0.1) is 0 Å². The molecule has 27 heavy (non-hydrogen) atoms. The molecule has 0 spiro atoms. The van der Waals surface area contributed by atoms with Crippen LogP contribution in [0.5, 0.6) is 5.75 Å². The minimum atomic E-state index is -0.277. The molecule has 5 heteroatoms. The maximum absolute atomic E-state index is 11.3. The zero-order valence-corrected chi connectivity index (χ0v) is 15.4. The fourth-order valence-corrected chi connectivity index (χ4v) is 5.86. The van der Waals surface area contributed by atoms with Crippen LogP contribution in [0.2, 0.25) is 0 Å². The Morgan fingerprint density at radius 2 is 1.93 bits per heavy atom. The summed E-state index contributed by atoms with van der Waals surface area (Å²) in [5.41, 5.74) is 3.71. The molecule has 2 saturated carbocycles. The molecule has 140 valence electrons. The second-order valence-corrected chi connectivity index (χ2v) is 8.09. The van der Waals surface area contributed by atoms with Crippen molar-refractivity contribution in [1.29, 1.82) is 0 Å². The predicted octanol–water partition coefficient (Wildman–Crippen LogP) is 5.29. The van der Waals surface area contributed by atoms with E-state index in [1.807, 2.05) is 31.2 Å². The first kappa shape index (κ1) is 16.6. The number of fused-ring (bicyclic) bond motifs is 7. The third-order valence-corrected chi connectivity index (χ3v) is 6.83. The van der Waals surface area contributed by atoms with Crippen LogP contribution in [0.25, 0.3) is 0 Å². The minimum absolute atomic E-state index is 0.205. The summed E-state index contributed by atoms with van der Waals surface area (Å²) in [6.07, 6.45) is 3.79. The van der Waals surface area contributed by atoms with Crippen LogP contribution in [0.1, 0.15) is 49.3 Å². The average Bonchev–Trinajstić information content (AvgIpc) is 3.30. The molecule has 0 unspecified atom stereocenters. The molecule has 1 aliphatic heterocycles. The number of nitrogens with zero attached hydrogens (tertiary/aromatic N) is 1. The highest BCUT2D eigenvalue weighted by Gasteiger charge is 2.54. The molecule has 3 aliphatic rings. The summed E-state index contributed by atoms with van der Waals surface area (Å²) in [4.78, 5) is 11.0. The number of anilines is 1. The van der Waals surface area contributed by atoms with Gasteiger partial charge in [-0.25, -0.2) is 0 Å². The van der Waals surface area contributed by atoms with Gasteiger partial charge in [-0.2, -0.15) is 0 Å². The third kappa shape index (κ3) is 2.59. The molecular formula is C22H24N2O3. The SMILES string of the molecule is CCOc1ccc([C@@H]2Nc3ccc([N+](=O)[O-])cc3[C@H]3[C@H]4CC[C@@H](C4)[C@H]32)cc1. The van der Waals surface area contributed by atoms with Crippen LogP contribution in [0.4, 0.5) is 11.4 Å². The first-order valence-electron chi connectivity index (χ1n) is 9.93. The van der Waals surface area contributed by atoms with Crippen LogP contribution in [0.3, 0.4) is 0 Å². The van der Waals surface area contributed by atoms with Crippen LogP contribution in [0.15, 0.2) is 42.5 Å². The van der Waals surface area contributed by atoms with Gasteiger partial charge in [0.15, 0.2) is 0 Å². The maximum Gasteiger partial charge on any atom is 0.269 e. The van der Waals surface area contributed by atoms with Crippen molar-refractivity contribution in [1.82, 2.24) is 0 Å². The largest absolute Gasteiger partial charge is 0.494 e. The van der Waals surface area contributed by atoms with E-state index >= 15 is 0 Å². The van der Waals surface area contributed by atoms with Crippen molar-refractivity contribution in [2.45, 2.75) is 38.1 Å². The number of hydrogen-bond acceptors (Lipinski definition) is 4. The molecule has 0 amide bonds. The Morgan fingerprint density at radius 1 is 1.15 bits per heavy atom. The Balaban J connectivity index is 1.55. The zero-order valence-electron chi connectivity index (χ0n) is 15.4. The van der Waals surface area contributed by atoms with Crippen molar-refractivity contribution in [2.75, 3.05) is 11.9 Å². The normalized spacial score (nSPS) is 30.3. The van der Waals surface area contributed by atoms with Crippen molar-refractivity contribution < 1.29 is 9.66 Å². The fourth-order valence-electron chi connectivity index (χ4n) is 5.86. The summed E-state index contributed by atoms with van der Waals surface area (Å²) in [6.45, 7) is 2.66. The Hall–Kier alpha value is -2.56. The van der Waals surface area contributed by atoms with E-state index in [1.54, 1.807) is 6.07 Å². The number of rotatable bonds is 4. The lowest BCUT2D eigenvalue weighted by atomic mass is 9.68. The summed E-state index contributed by atoms with van der Waals surface area (Å²) in [6, 6.07) is 14.0. The predicted molar refractivity (Wildman–Crippen MR) is 104 cm³/mol. The van der Waals surface area contributed by atoms with Crippen LogP contribution < -0.4 is 10.1 Å². The summed E-state index contributed by atoms with van der Waals surface area (Å²) >= 11 is 0. The van der Waals surface area contributed by atoms with Gasteiger partial charge < -0.3 is 10.1 Å². The van der Waals surface area contributed by atoms with Gasteiger partial charge in [0, 0.05) is 17.8 Å². The molecule has 5 atom stereocenters. The number of nitrogens with one attached hydrogen (secondary N) is 1. The Kier molecular flexibility index (Phi) is 3.85. The summed E-state index contributed by atoms with van der Waals surface area (Å²) in [5.74, 6) is 3.20. The Morgan fingerprint density at radius 3 is 2.67 bits per heavy atom. The van der Waals surface area contributed by atoms with E-state index in [-0.39, 0.29) is 16.7 Å². The number of benzene rings is 2. The van der Waals surface area contributed by atoms with Gasteiger partial charge in [0.25, 0.3) is 5.69 Å². The van der Waals surface area contributed by atoms with E-state index in [9.17, 15) is 10.1 Å². The lowest BCUT2D eigenvalue weighted by molar-refractivity contribution is -0.384. The summed E-state index contributed by atoms with van der Waals surface area (Å²) in [5, 5.41) is 15.0. The molecule has 2 bridgehead atoms. The van der Waals surface area contributed by atoms with Crippen molar-refractivity contribution in [3.05, 3.63) is 63.7 Å². The topological polar surface area (TPSA) is 64.4 Å². The molecule has 2 aliphatic carbocycles. The minimum Gasteiger partial charge on any atom is -0.494 e. The zero-order chi connectivity index (χ0) is 18.5. The van der Waals surface area contributed by atoms with E-state index in [0.717, 1.165) is 17.0 Å². The molecule has 1 heterocycles. The lowest BCUT2D eigenvalue weighted by Gasteiger charge is -2.43. The monoisotopic (exact) mass is 364 g/mol. The van der Waals surface area contributed by atoms with Crippen LogP contribution >= 0.6 is 0 Å². The van der Waals surface area contributed by atoms with Crippen molar-refractivity contribution >= 4 is 11.4 Å².